The van der Waals surface area contributed by atoms with E-state index >= 15 is 0 Å². The molecule has 122 valence electrons. The number of anilines is 1. The third kappa shape index (κ3) is 3.50. The van der Waals surface area contributed by atoms with E-state index in [0.717, 1.165) is 38.5 Å². The van der Waals surface area contributed by atoms with E-state index in [4.69, 9.17) is 0 Å². The Morgan fingerprint density at radius 3 is 2.38 bits per heavy atom. The topological polar surface area (TPSA) is 19.4 Å². The Morgan fingerprint density at radius 1 is 0.875 bits per heavy atom. The molecule has 24 heavy (non-hydrogen) atoms. The van der Waals surface area contributed by atoms with E-state index in [1.807, 2.05) is 12.3 Å². The lowest BCUT2D eigenvalue weighted by Gasteiger charge is -2.35. The zero-order valence-electron chi connectivity index (χ0n) is 13.6. The molecule has 1 saturated heterocycles. The van der Waals surface area contributed by atoms with Crippen molar-refractivity contribution in [3.63, 3.8) is 0 Å². The summed E-state index contributed by atoms with van der Waals surface area (Å²) in [6, 6.07) is 19.4. The number of hydrogen-bond acceptors (Lipinski definition) is 4. The average Bonchev–Trinajstić information content (AvgIpc) is 3.18. The van der Waals surface area contributed by atoms with Gasteiger partial charge in [0, 0.05) is 43.8 Å². The molecule has 3 aromatic rings. The van der Waals surface area contributed by atoms with E-state index in [9.17, 15) is 0 Å². The molecule has 4 rings (SSSR count). The summed E-state index contributed by atoms with van der Waals surface area (Å²) in [5.41, 5.74) is 2.70. The Morgan fingerprint density at radius 2 is 1.71 bits per heavy atom. The molecule has 1 fully saturated rings. The van der Waals surface area contributed by atoms with Crippen LogP contribution < -0.4 is 4.90 Å². The Hall–Kier alpha value is -2.17. The van der Waals surface area contributed by atoms with Crippen LogP contribution in [-0.4, -0.2) is 36.1 Å². The molecule has 3 heterocycles. The number of nitrogens with zero attached hydrogens (tertiary/aromatic N) is 3. The van der Waals surface area contributed by atoms with E-state index < -0.39 is 0 Å². The van der Waals surface area contributed by atoms with Crippen LogP contribution in [0.25, 0.3) is 10.4 Å². The standard InChI is InChI=1S/C20H21N3S/c1-2-10-21-20(5-1)23-13-11-22(12-14-23)16-17-6-8-18(9-7-17)19-4-3-15-24-19/h1-10,15H,11-14,16H2. The van der Waals surface area contributed by atoms with Crippen molar-refractivity contribution in [3.8, 4) is 10.4 Å². The van der Waals surface area contributed by atoms with Gasteiger partial charge in [-0.3, -0.25) is 4.90 Å². The molecule has 0 N–H and O–H groups in total. The highest BCUT2D eigenvalue weighted by molar-refractivity contribution is 7.13. The zero-order valence-corrected chi connectivity index (χ0v) is 14.5. The highest BCUT2D eigenvalue weighted by Crippen LogP contribution is 2.25. The first-order valence-corrected chi connectivity index (χ1v) is 9.27. The molecular formula is C20H21N3S. The third-order valence-electron chi connectivity index (χ3n) is 4.51. The molecule has 2 aromatic heterocycles. The van der Waals surface area contributed by atoms with E-state index in [-0.39, 0.29) is 0 Å². The molecule has 0 amide bonds. The number of thiophene rings is 1. The highest BCUT2D eigenvalue weighted by Gasteiger charge is 2.17. The van der Waals surface area contributed by atoms with Crippen molar-refractivity contribution in [2.75, 3.05) is 31.1 Å². The van der Waals surface area contributed by atoms with Gasteiger partial charge in [0.1, 0.15) is 5.82 Å². The minimum atomic E-state index is 1.03. The van der Waals surface area contributed by atoms with E-state index in [2.05, 4.69) is 68.7 Å². The first kappa shape index (κ1) is 15.4. The molecule has 0 saturated carbocycles. The second-order valence-corrected chi connectivity index (χ2v) is 7.07. The fraction of sp³-hybridized carbons (Fsp3) is 0.250. The third-order valence-corrected chi connectivity index (χ3v) is 5.43. The van der Waals surface area contributed by atoms with Crippen LogP contribution in [0.5, 0.6) is 0 Å². The Labute approximate surface area is 147 Å². The lowest BCUT2D eigenvalue weighted by Crippen LogP contribution is -2.46. The SMILES string of the molecule is c1ccc(N2CCN(Cc3ccc(-c4cccs4)cc3)CC2)nc1. The molecule has 0 bridgehead atoms. The molecular weight excluding hydrogens is 314 g/mol. The maximum absolute atomic E-state index is 4.45. The number of rotatable bonds is 4. The molecule has 1 aliphatic heterocycles. The molecule has 3 nitrogen and oxygen atoms in total. The van der Waals surface area contributed by atoms with Crippen LogP contribution in [0.1, 0.15) is 5.56 Å². The van der Waals surface area contributed by atoms with Gasteiger partial charge in [0.05, 0.1) is 0 Å². The summed E-state index contributed by atoms with van der Waals surface area (Å²) in [4.78, 5) is 10.7. The van der Waals surface area contributed by atoms with Crippen molar-refractivity contribution in [3.05, 3.63) is 71.7 Å². The van der Waals surface area contributed by atoms with Crippen molar-refractivity contribution >= 4 is 17.2 Å². The van der Waals surface area contributed by atoms with Gasteiger partial charge in [0.2, 0.25) is 0 Å². The van der Waals surface area contributed by atoms with Gasteiger partial charge in [-0.15, -0.1) is 11.3 Å². The first-order chi connectivity index (χ1) is 11.9. The van der Waals surface area contributed by atoms with Crippen LogP contribution >= 0.6 is 11.3 Å². The normalized spacial score (nSPS) is 15.6. The highest BCUT2D eigenvalue weighted by atomic mass is 32.1. The van der Waals surface area contributed by atoms with Crippen LogP contribution in [0.4, 0.5) is 5.82 Å². The summed E-state index contributed by atoms with van der Waals surface area (Å²) in [5, 5.41) is 2.13. The minimum Gasteiger partial charge on any atom is -0.354 e. The van der Waals surface area contributed by atoms with E-state index in [1.165, 1.54) is 16.0 Å². The fourth-order valence-electron chi connectivity index (χ4n) is 3.15. The molecule has 0 spiro atoms. The Bertz CT molecular complexity index is 745. The number of benzene rings is 1. The van der Waals surface area contributed by atoms with Gasteiger partial charge in [-0.2, -0.15) is 0 Å². The minimum absolute atomic E-state index is 1.03. The lowest BCUT2D eigenvalue weighted by molar-refractivity contribution is 0.249. The smallest absolute Gasteiger partial charge is 0.128 e. The van der Waals surface area contributed by atoms with Crippen molar-refractivity contribution in [2.24, 2.45) is 0 Å². The van der Waals surface area contributed by atoms with Gasteiger partial charge in [0.15, 0.2) is 0 Å². The van der Waals surface area contributed by atoms with Gasteiger partial charge >= 0.3 is 0 Å². The summed E-state index contributed by atoms with van der Waals surface area (Å²) in [6.07, 6.45) is 1.87. The monoisotopic (exact) mass is 335 g/mol. The molecule has 1 aromatic carbocycles. The Kier molecular flexibility index (Phi) is 4.58. The summed E-state index contributed by atoms with van der Waals surface area (Å²) in [6.45, 7) is 5.29. The van der Waals surface area contributed by atoms with Crippen molar-refractivity contribution in [1.82, 2.24) is 9.88 Å². The van der Waals surface area contributed by atoms with Crippen molar-refractivity contribution in [2.45, 2.75) is 6.54 Å². The predicted molar refractivity (Wildman–Crippen MR) is 101 cm³/mol. The quantitative estimate of drug-likeness (QED) is 0.714. The number of aromatic nitrogens is 1. The zero-order chi connectivity index (χ0) is 16.2. The van der Waals surface area contributed by atoms with Crippen LogP contribution in [0.2, 0.25) is 0 Å². The van der Waals surface area contributed by atoms with Gasteiger partial charge < -0.3 is 4.90 Å². The van der Waals surface area contributed by atoms with E-state index in [1.54, 1.807) is 11.3 Å². The molecule has 0 atom stereocenters. The van der Waals surface area contributed by atoms with Gasteiger partial charge in [-0.25, -0.2) is 4.98 Å². The first-order valence-electron chi connectivity index (χ1n) is 8.40. The van der Waals surface area contributed by atoms with Crippen molar-refractivity contribution in [1.29, 1.82) is 0 Å². The maximum atomic E-state index is 4.45. The Balaban J connectivity index is 1.34. The van der Waals surface area contributed by atoms with Gasteiger partial charge in [0.25, 0.3) is 0 Å². The lowest BCUT2D eigenvalue weighted by atomic mass is 10.1. The number of piperazine rings is 1. The number of pyridine rings is 1. The summed E-state index contributed by atoms with van der Waals surface area (Å²) < 4.78 is 0. The van der Waals surface area contributed by atoms with E-state index in [0.29, 0.717) is 0 Å². The second-order valence-electron chi connectivity index (χ2n) is 6.13. The maximum Gasteiger partial charge on any atom is 0.128 e. The molecule has 0 radical (unpaired) electrons. The van der Waals surface area contributed by atoms with Gasteiger partial charge in [-0.05, 0) is 34.7 Å². The predicted octanol–water partition coefficient (Wildman–Crippen LogP) is 4.13. The van der Waals surface area contributed by atoms with Crippen LogP contribution in [-0.2, 0) is 6.54 Å². The van der Waals surface area contributed by atoms with Crippen molar-refractivity contribution < 1.29 is 0 Å². The van der Waals surface area contributed by atoms with Crippen LogP contribution in [0.3, 0.4) is 0 Å². The molecule has 1 aliphatic rings. The molecule has 0 aliphatic carbocycles. The largest absolute Gasteiger partial charge is 0.354 e. The number of hydrogen-bond donors (Lipinski definition) is 0. The summed E-state index contributed by atoms with van der Waals surface area (Å²) in [5.74, 6) is 1.09. The summed E-state index contributed by atoms with van der Waals surface area (Å²) >= 11 is 1.79. The van der Waals surface area contributed by atoms with Crippen LogP contribution in [0, 0.1) is 0 Å². The second kappa shape index (κ2) is 7.16. The average molecular weight is 335 g/mol. The van der Waals surface area contributed by atoms with Crippen LogP contribution in [0.15, 0.2) is 66.2 Å². The summed E-state index contributed by atoms with van der Waals surface area (Å²) in [7, 11) is 0. The molecule has 0 unspecified atom stereocenters. The van der Waals surface area contributed by atoms with Gasteiger partial charge in [-0.1, -0.05) is 36.4 Å². The fourth-order valence-corrected chi connectivity index (χ4v) is 3.88. The molecule has 4 heteroatoms.